The number of nitrogens with one attached hydrogen (secondary N) is 2. The summed E-state index contributed by atoms with van der Waals surface area (Å²) in [5, 5.41) is 6.18. The fraction of sp³-hybridized carbons (Fsp3) is 0.217. The summed E-state index contributed by atoms with van der Waals surface area (Å²) in [6.45, 7) is 4.69. The number of carbonyl (C=O) groups excluding carboxylic acids is 1. The van der Waals surface area contributed by atoms with Gasteiger partial charge in [-0.3, -0.25) is 4.79 Å². The van der Waals surface area contributed by atoms with E-state index in [-0.39, 0.29) is 5.91 Å². The highest BCUT2D eigenvalue weighted by Crippen LogP contribution is 2.18. The minimum absolute atomic E-state index is 0.174. The maximum atomic E-state index is 12.5. The molecule has 28 heavy (non-hydrogen) atoms. The van der Waals surface area contributed by atoms with Crippen molar-refractivity contribution < 1.29 is 9.53 Å². The topological polar surface area (TPSA) is 63.2 Å². The molecule has 1 aromatic heterocycles. The van der Waals surface area contributed by atoms with Crippen molar-refractivity contribution in [2.45, 2.75) is 32.9 Å². The van der Waals surface area contributed by atoms with E-state index in [1.807, 2.05) is 54.6 Å². The first-order valence-corrected chi connectivity index (χ1v) is 9.45. The average Bonchev–Trinajstić information content (AvgIpc) is 2.74. The first-order chi connectivity index (χ1) is 13.6. The number of aromatic nitrogens is 1. The van der Waals surface area contributed by atoms with Gasteiger partial charge in [-0.15, -0.1) is 0 Å². The van der Waals surface area contributed by atoms with E-state index in [4.69, 9.17) is 4.74 Å². The largest absolute Gasteiger partial charge is 0.489 e. The van der Waals surface area contributed by atoms with Crippen LogP contribution < -0.4 is 15.4 Å². The van der Waals surface area contributed by atoms with Gasteiger partial charge in [0, 0.05) is 23.5 Å². The van der Waals surface area contributed by atoms with Crippen LogP contribution in [0.3, 0.4) is 0 Å². The number of benzene rings is 2. The zero-order chi connectivity index (χ0) is 19.8. The van der Waals surface area contributed by atoms with E-state index in [0.29, 0.717) is 29.7 Å². The molecule has 5 heteroatoms. The van der Waals surface area contributed by atoms with Gasteiger partial charge >= 0.3 is 0 Å². The summed E-state index contributed by atoms with van der Waals surface area (Å²) in [6.07, 6.45) is 2.62. The quantitative estimate of drug-likeness (QED) is 0.573. The van der Waals surface area contributed by atoms with Gasteiger partial charge in [0.1, 0.15) is 18.2 Å². The maximum absolute atomic E-state index is 12.5. The minimum Gasteiger partial charge on any atom is -0.489 e. The molecule has 0 saturated heterocycles. The average molecular weight is 375 g/mol. The van der Waals surface area contributed by atoms with Crippen LogP contribution in [0.5, 0.6) is 5.75 Å². The summed E-state index contributed by atoms with van der Waals surface area (Å²) in [5.74, 6) is 1.28. The van der Waals surface area contributed by atoms with E-state index < -0.39 is 0 Å². The number of anilines is 2. The summed E-state index contributed by atoms with van der Waals surface area (Å²) >= 11 is 0. The third kappa shape index (κ3) is 5.58. The highest BCUT2D eigenvalue weighted by Gasteiger charge is 2.09. The predicted octanol–water partition coefficient (Wildman–Crippen LogP) is 5.12. The molecule has 1 amide bonds. The molecule has 0 spiro atoms. The van der Waals surface area contributed by atoms with Crippen molar-refractivity contribution in [1.82, 2.24) is 4.98 Å². The number of nitrogens with zero attached hydrogens (tertiary/aromatic N) is 1. The Morgan fingerprint density at radius 1 is 1.07 bits per heavy atom. The number of hydrogen-bond donors (Lipinski definition) is 2. The Balaban J connectivity index is 1.57. The van der Waals surface area contributed by atoms with Gasteiger partial charge < -0.3 is 15.4 Å². The molecule has 0 aliphatic rings. The normalized spacial score (nSPS) is 11.5. The lowest BCUT2D eigenvalue weighted by Crippen LogP contribution is -2.16. The van der Waals surface area contributed by atoms with Crippen molar-refractivity contribution in [3.05, 3.63) is 84.1 Å². The third-order valence-electron chi connectivity index (χ3n) is 4.39. The van der Waals surface area contributed by atoms with Gasteiger partial charge in [0.2, 0.25) is 0 Å². The molecule has 5 nitrogen and oxygen atoms in total. The van der Waals surface area contributed by atoms with E-state index in [1.165, 1.54) is 0 Å². The van der Waals surface area contributed by atoms with Crippen LogP contribution in [0.25, 0.3) is 0 Å². The lowest BCUT2D eigenvalue weighted by Gasteiger charge is -2.13. The van der Waals surface area contributed by atoms with Crippen LogP contribution in [0.1, 0.15) is 36.2 Å². The summed E-state index contributed by atoms with van der Waals surface area (Å²) < 4.78 is 5.77. The Hall–Kier alpha value is -3.34. The van der Waals surface area contributed by atoms with Crippen LogP contribution in [-0.4, -0.2) is 16.9 Å². The van der Waals surface area contributed by atoms with Crippen molar-refractivity contribution in [2.24, 2.45) is 0 Å². The van der Waals surface area contributed by atoms with Crippen molar-refractivity contribution in [3.8, 4) is 5.75 Å². The van der Waals surface area contributed by atoms with Gasteiger partial charge in [-0.05, 0) is 55.3 Å². The predicted molar refractivity (Wildman–Crippen MR) is 113 cm³/mol. The number of amides is 1. The number of carbonyl (C=O) groups is 1. The molecule has 3 aromatic rings. The Morgan fingerprint density at radius 3 is 2.54 bits per heavy atom. The van der Waals surface area contributed by atoms with E-state index in [0.717, 1.165) is 17.7 Å². The highest BCUT2D eigenvalue weighted by molar-refractivity contribution is 6.04. The molecule has 1 unspecified atom stereocenters. The van der Waals surface area contributed by atoms with Crippen molar-refractivity contribution in [2.75, 3.05) is 10.6 Å². The molecule has 0 bridgehead atoms. The zero-order valence-electron chi connectivity index (χ0n) is 16.2. The number of ether oxygens (including phenoxy) is 1. The molecule has 0 fully saturated rings. The maximum Gasteiger partial charge on any atom is 0.255 e. The van der Waals surface area contributed by atoms with E-state index in [2.05, 4.69) is 29.5 Å². The molecule has 0 aliphatic heterocycles. The van der Waals surface area contributed by atoms with Crippen LogP contribution in [0.2, 0.25) is 0 Å². The molecule has 2 N–H and O–H groups in total. The van der Waals surface area contributed by atoms with Crippen molar-refractivity contribution in [1.29, 1.82) is 0 Å². The lowest BCUT2D eigenvalue weighted by molar-refractivity contribution is 0.102. The van der Waals surface area contributed by atoms with E-state index in [1.54, 1.807) is 18.3 Å². The second-order valence-corrected chi connectivity index (χ2v) is 6.64. The second-order valence-electron chi connectivity index (χ2n) is 6.64. The first kappa shape index (κ1) is 19.4. The smallest absolute Gasteiger partial charge is 0.255 e. The third-order valence-corrected chi connectivity index (χ3v) is 4.39. The Labute approximate surface area is 165 Å². The van der Waals surface area contributed by atoms with Crippen LogP contribution in [0.4, 0.5) is 11.5 Å². The summed E-state index contributed by atoms with van der Waals surface area (Å²) in [4.78, 5) is 16.8. The fourth-order valence-electron chi connectivity index (χ4n) is 2.58. The van der Waals surface area contributed by atoms with Crippen LogP contribution in [0, 0.1) is 0 Å². The molecule has 3 rings (SSSR count). The molecule has 144 valence electrons. The molecular weight excluding hydrogens is 350 g/mol. The molecule has 0 radical (unpaired) electrons. The molecule has 1 heterocycles. The monoisotopic (exact) mass is 375 g/mol. The van der Waals surface area contributed by atoms with E-state index >= 15 is 0 Å². The Morgan fingerprint density at radius 2 is 1.82 bits per heavy atom. The van der Waals surface area contributed by atoms with Crippen LogP contribution >= 0.6 is 0 Å². The number of rotatable bonds is 8. The second kappa shape index (κ2) is 9.55. The lowest BCUT2D eigenvalue weighted by atomic mass is 10.2. The molecule has 2 aromatic carbocycles. The minimum atomic E-state index is -0.174. The molecule has 1 atom stereocenters. The van der Waals surface area contributed by atoms with Crippen molar-refractivity contribution in [3.63, 3.8) is 0 Å². The summed E-state index contributed by atoms with van der Waals surface area (Å²) in [5.41, 5.74) is 2.38. The summed E-state index contributed by atoms with van der Waals surface area (Å²) in [6, 6.07) is 21.1. The Bertz CT molecular complexity index is 895. The van der Waals surface area contributed by atoms with Gasteiger partial charge in [0.25, 0.3) is 5.91 Å². The first-order valence-electron chi connectivity index (χ1n) is 9.45. The standard InChI is InChI=1S/C23H25N3O2/c1-3-17(2)25-22-15-19(13-14-24-22)23(27)26-20-9-11-21(12-10-20)28-16-18-7-5-4-6-8-18/h4-15,17H,3,16H2,1-2H3,(H,24,25)(H,26,27). The zero-order valence-corrected chi connectivity index (χ0v) is 16.2. The number of pyridine rings is 1. The van der Waals surface area contributed by atoms with Gasteiger partial charge in [0.15, 0.2) is 0 Å². The van der Waals surface area contributed by atoms with Crippen LogP contribution in [0.15, 0.2) is 72.9 Å². The molecular formula is C23H25N3O2. The van der Waals surface area contributed by atoms with Gasteiger partial charge in [-0.25, -0.2) is 4.98 Å². The molecule has 0 saturated carbocycles. The van der Waals surface area contributed by atoms with Gasteiger partial charge in [-0.2, -0.15) is 0 Å². The van der Waals surface area contributed by atoms with Crippen LogP contribution in [-0.2, 0) is 6.61 Å². The van der Waals surface area contributed by atoms with Gasteiger partial charge in [0.05, 0.1) is 0 Å². The summed E-state index contributed by atoms with van der Waals surface area (Å²) in [7, 11) is 0. The SMILES string of the molecule is CCC(C)Nc1cc(C(=O)Nc2ccc(OCc3ccccc3)cc2)ccn1. The van der Waals surface area contributed by atoms with E-state index in [9.17, 15) is 4.79 Å². The van der Waals surface area contributed by atoms with Gasteiger partial charge in [-0.1, -0.05) is 37.3 Å². The molecule has 0 aliphatic carbocycles. The van der Waals surface area contributed by atoms with Crippen molar-refractivity contribution >= 4 is 17.4 Å². The fourth-order valence-corrected chi connectivity index (χ4v) is 2.58. The Kier molecular flexibility index (Phi) is 6.63. The highest BCUT2D eigenvalue weighted by atomic mass is 16.5. The number of hydrogen-bond acceptors (Lipinski definition) is 4.